The van der Waals surface area contributed by atoms with Crippen molar-refractivity contribution in [1.82, 2.24) is 10.3 Å². The molecule has 1 aromatic heterocycles. The lowest BCUT2D eigenvalue weighted by atomic mass is 10.2. The Labute approximate surface area is 139 Å². The molecule has 2 amide bonds. The lowest BCUT2D eigenvalue weighted by Crippen LogP contribution is -2.29. The first kappa shape index (κ1) is 16.8. The number of benzene rings is 1. The van der Waals surface area contributed by atoms with E-state index >= 15 is 0 Å². The Balaban J connectivity index is 1.93. The van der Waals surface area contributed by atoms with E-state index in [9.17, 15) is 9.59 Å². The summed E-state index contributed by atoms with van der Waals surface area (Å²) in [5, 5.41) is 8.84. The highest BCUT2D eigenvalue weighted by atomic mass is 35.5. The summed E-state index contributed by atoms with van der Waals surface area (Å²) in [5.74, 6) is 0.127. The molecule has 0 fully saturated rings. The molecule has 3 N–H and O–H groups in total. The van der Waals surface area contributed by atoms with Gasteiger partial charge in [-0.15, -0.1) is 0 Å². The molecule has 0 spiro atoms. The van der Waals surface area contributed by atoms with Gasteiger partial charge >= 0.3 is 0 Å². The van der Waals surface area contributed by atoms with E-state index in [2.05, 4.69) is 20.9 Å². The zero-order valence-electron chi connectivity index (χ0n) is 12.6. The molecule has 0 saturated heterocycles. The summed E-state index contributed by atoms with van der Waals surface area (Å²) >= 11 is 5.87. The molecule has 0 aliphatic heterocycles. The van der Waals surface area contributed by atoms with Crippen LogP contribution in [0.15, 0.2) is 42.6 Å². The topological polar surface area (TPSA) is 83.1 Å². The lowest BCUT2D eigenvalue weighted by Gasteiger charge is -2.07. The average molecular weight is 333 g/mol. The van der Waals surface area contributed by atoms with Crippen LogP contribution in [0.2, 0.25) is 5.02 Å². The maximum Gasteiger partial charge on any atom is 0.257 e. The van der Waals surface area contributed by atoms with Crippen molar-refractivity contribution in [3.8, 4) is 0 Å². The van der Waals surface area contributed by atoms with Crippen molar-refractivity contribution in [1.29, 1.82) is 0 Å². The molecule has 1 aromatic carbocycles. The van der Waals surface area contributed by atoms with Crippen molar-refractivity contribution in [3.05, 3.63) is 53.2 Å². The van der Waals surface area contributed by atoms with Crippen LogP contribution in [0, 0.1) is 0 Å². The normalized spacial score (nSPS) is 10.0. The Morgan fingerprint density at radius 1 is 1.22 bits per heavy atom. The Hall–Kier alpha value is -2.60. The maximum atomic E-state index is 12.1. The van der Waals surface area contributed by atoms with E-state index in [1.165, 1.54) is 6.20 Å². The van der Waals surface area contributed by atoms with Crippen LogP contribution in [0.5, 0.6) is 0 Å². The number of carbonyl (C=O) groups is 2. The van der Waals surface area contributed by atoms with Gasteiger partial charge in [-0.2, -0.15) is 0 Å². The van der Waals surface area contributed by atoms with Gasteiger partial charge in [0.15, 0.2) is 0 Å². The molecular weight excluding hydrogens is 316 g/mol. The fourth-order valence-electron chi connectivity index (χ4n) is 1.83. The summed E-state index contributed by atoms with van der Waals surface area (Å²) in [7, 11) is 0. The fourth-order valence-corrected chi connectivity index (χ4v) is 2.02. The van der Waals surface area contributed by atoms with Crippen molar-refractivity contribution >= 4 is 34.9 Å². The van der Waals surface area contributed by atoms with Gasteiger partial charge in [-0.05, 0) is 37.3 Å². The monoisotopic (exact) mass is 332 g/mol. The van der Waals surface area contributed by atoms with Crippen LogP contribution in [-0.4, -0.2) is 29.9 Å². The number of rotatable bonds is 6. The van der Waals surface area contributed by atoms with Crippen LogP contribution in [0.25, 0.3) is 0 Å². The van der Waals surface area contributed by atoms with Gasteiger partial charge in [-0.1, -0.05) is 17.7 Å². The molecule has 1 heterocycles. The Morgan fingerprint density at radius 3 is 2.70 bits per heavy atom. The van der Waals surface area contributed by atoms with Crippen LogP contribution in [0.1, 0.15) is 17.3 Å². The summed E-state index contributed by atoms with van der Waals surface area (Å²) < 4.78 is 0. The van der Waals surface area contributed by atoms with Gasteiger partial charge in [0.05, 0.1) is 12.1 Å². The molecule has 2 rings (SSSR count). The predicted octanol–water partition coefficient (Wildman–Crippen LogP) is 2.54. The van der Waals surface area contributed by atoms with Gasteiger partial charge in [-0.3, -0.25) is 9.59 Å². The van der Waals surface area contributed by atoms with E-state index in [0.29, 0.717) is 28.6 Å². The van der Waals surface area contributed by atoms with Gasteiger partial charge in [0.2, 0.25) is 5.91 Å². The van der Waals surface area contributed by atoms with E-state index in [0.717, 1.165) is 0 Å². The van der Waals surface area contributed by atoms with E-state index in [1.807, 2.05) is 6.92 Å². The summed E-state index contributed by atoms with van der Waals surface area (Å²) in [5.41, 5.74) is 1.02. The third kappa shape index (κ3) is 5.27. The van der Waals surface area contributed by atoms with Crippen LogP contribution < -0.4 is 16.0 Å². The second-order valence-corrected chi connectivity index (χ2v) is 5.14. The number of anilines is 2. The van der Waals surface area contributed by atoms with E-state index in [1.54, 1.807) is 36.4 Å². The molecule has 7 heteroatoms. The number of hydrogen-bond donors (Lipinski definition) is 3. The maximum absolute atomic E-state index is 12.1. The Bertz CT molecular complexity index is 689. The van der Waals surface area contributed by atoms with Crippen molar-refractivity contribution in [2.75, 3.05) is 23.7 Å². The zero-order valence-corrected chi connectivity index (χ0v) is 13.4. The summed E-state index contributed by atoms with van der Waals surface area (Å²) in [6, 6.07) is 10.2. The second-order valence-electron chi connectivity index (χ2n) is 4.70. The van der Waals surface area contributed by atoms with E-state index in [-0.39, 0.29) is 18.4 Å². The van der Waals surface area contributed by atoms with E-state index in [4.69, 9.17) is 11.6 Å². The van der Waals surface area contributed by atoms with Crippen molar-refractivity contribution in [3.63, 3.8) is 0 Å². The van der Waals surface area contributed by atoms with E-state index < -0.39 is 0 Å². The number of nitrogens with zero attached hydrogens (tertiary/aromatic N) is 1. The molecule has 0 aliphatic rings. The standard InChI is InChI=1S/C16H17ClN4O2/c1-2-18-15(22)10-20-14-7-6-11(9-19-14)16(23)21-13-5-3-4-12(17)8-13/h3-9H,2,10H2,1H3,(H,18,22)(H,19,20)(H,21,23). The third-order valence-electron chi connectivity index (χ3n) is 2.91. The Kier molecular flexibility index (Phi) is 5.94. The predicted molar refractivity (Wildman–Crippen MR) is 90.8 cm³/mol. The molecule has 6 nitrogen and oxygen atoms in total. The van der Waals surface area contributed by atoms with Crippen LogP contribution in [-0.2, 0) is 4.79 Å². The summed E-state index contributed by atoms with van der Waals surface area (Å²) in [6.45, 7) is 2.56. The van der Waals surface area contributed by atoms with Crippen molar-refractivity contribution < 1.29 is 9.59 Å². The first-order chi connectivity index (χ1) is 11.1. The minimum Gasteiger partial charge on any atom is -0.361 e. The molecule has 120 valence electrons. The highest BCUT2D eigenvalue weighted by Crippen LogP contribution is 2.16. The molecule has 23 heavy (non-hydrogen) atoms. The van der Waals surface area contributed by atoms with Crippen LogP contribution in [0.3, 0.4) is 0 Å². The highest BCUT2D eigenvalue weighted by Gasteiger charge is 2.07. The van der Waals surface area contributed by atoms with Gasteiger partial charge in [0, 0.05) is 23.5 Å². The minimum absolute atomic E-state index is 0.114. The lowest BCUT2D eigenvalue weighted by molar-refractivity contribution is -0.119. The molecule has 0 bridgehead atoms. The fraction of sp³-hybridized carbons (Fsp3) is 0.188. The van der Waals surface area contributed by atoms with Crippen molar-refractivity contribution in [2.45, 2.75) is 6.92 Å². The van der Waals surface area contributed by atoms with Gasteiger partial charge in [0.25, 0.3) is 5.91 Å². The number of pyridine rings is 1. The smallest absolute Gasteiger partial charge is 0.257 e. The number of aromatic nitrogens is 1. The highest BCUT2D eigenvalue weighted by molar-refractivity contribution is 6.30. The SMILES string of the molecule is CCNC(=O)CNc1ccc(C(=O)Nc2cccc(Cl)c2)cn1. The molecular formula is C16H17ClN4O2. The first-order valence-electron chi connectivity index (χ1n) is 7.12. The molecule has 2 aromatic rings. The number of amides is 2. The average Bonchev–Trinajstić information content (AvgIpc) is 2.54. The molecule has 0 unspecified atom stereocenters. The molecule has 0 atom stereocenters. The van der Waals surface area contributed by atoms with Gasteiger partial charge in [-0.25, -0.2) is 4.98 Å². The van der Waals surface area contributed by atoms with Crippen LogP contribution in [0.4, 0.5) is 11.5 Å². The number of carbonyl (C=O) groups excluding carboxylic acids is 2. The largest absolute Gasteiger partial charge is 0.361 e. The molecule has 0 radical (unpaired) electrons. The van der Waals surface area contributed by atoms with Gasteiger partial charge < -0.3 is 16.0 Å². The number of hydrogen-bond acceptors (Lipinski definition) is 4. The van der Waals surface area contributed by atoms with Gasteiger partial charge in [0.1, 0.15) is 5.82 Å². The van der Waals surface area contributed by atoms with Crippen molar-refractivity contribution in [2.24, 2.45) is 0 Å². The molecule has 0 saturated carbocycles. The summed E-state index contributed by atoms with van der Waals surface area (Å²) in [4.78, 5) is 27.6. The van der Waals surface area contributed by atoms with Crippen LogP contribution >= 0.6 is 11.6 Å². The minimum atomic E-state index is -0.282. The zero-order chi connectivity index (χ0) is 16.7. The quantitative estimate of drug-likeness (QED) is 0.759. The summed E-state index contributed by atoms with van der Waals surface area (Å²) in [6.07, 6.45) is 1.44. The second kappa shape index (κ2) is 8.14. The Morgan fingerprint density at radius 2 is 2.04 bits per heavy atom. The third-order valence-corrected chi connectivity index (χ3v) is 3.15. The first-order valence-corrected chi connectivity index (χ1v) is 7.50. The molecule has 0 aliphatic carbocycles. The number of halogens is 1. The number of nitrogens with one attached hydrogen (secondary N) is 3. The number of likely N-dealkylation sites (N-methyl/N-ethyl adjacent to an activating group) is 1.